The molecule has 1 aliphatic rings. The Kier molecular flexibility index (Phi) is 8.38. The van der Waals surface area contributed by atoms with Crippen molar-refractivity contribution in [3.8, 4) is 0 Å². The maximum atomic E-state index is 12.4. The highest BCUT2D eigenvalue weighted by Crippen LogP contribution is 2.12. The number of nitrogens with zero attached hydrogens (tertiary/aromatic N) is 3. The summed E-state index contributed by atoms with van der Waals surface area (Å²) in [4.78, 5) is 30.4. The molecule has 0 bridgehead atoms. The lowest BCUT2D eigenvalue weighted by Gasteiger charge is -2.26. The smallest absolute Gasteiger partial charge is 0.423 e. The Labute approximate surface area is 170 Å². The minimum atomic E-state index is -1.69. The number of ether oxygens (including phenoxy) is 1. The fourth-order valence-corrected chi connectivity index (χ4v) is 2.65. The fraction of sp³-hybridized carbons (Fsp3) is 0.421. The maximum Gasteiger partial charge on any atom is 0.490 e. The Hall–Kier alpha value is -2.69. The Morgan fingerprint density at radius 1 is 1.28 bits per heavy atom. The van der Waals surface area contributed by atoms with E-state index in [1.54, 1.807) is 17.0 Å². The summed E-state index contributed by atoms with van der Waals surface area (Å²) in [6.45, 7) is 6.39. The molecule has 2 aromatic heterocycles. The number of nitrogens with one attached hydrogen (secondary N) is 1. The normalized spacial score (nSPS) is 13.3. The van der Waals surface area contributed by atoms with E-state index in [2.05, 4.69) is 24.1 Å². The van der Waals surface area contributed by atoms with Crippen LogP contribution in [0.4, 0.5) is 11.5 Å². The molecule has 29 heavy (non-hydrogen) atoms. The lowest BCUT2D eigenvalue weighted by Crippen LogP contribution is -2.40. The molecule has 0 aliphatic carbocycles. The van der Waals surface area contributed by atoms with Gasteiger partial charge in [-0.2, -0.15) is 0 Å². The molecule has 1 fully saturated rings. The second kappa shape index (κ2) is 10.7. The second-order valence-electron chi connectivity index (χ2n) is 6.65. The van der Waals surface area contributed by atoms with Gasteiger partial charge in [-0.3, -0.25) is 9.59 Å². The number of carbonyl (C=O) groups excluding carboxylic acids is 1. The Bertz CT molecular complexity index is 864. The van der Waals surface area contributed by atoms with Crippen LogP contribution in [0.3, 0.4) is 0 Å². The summed E-state index contributed by atoms with van der Waals surface area (Å²) in [6.07, 6.45) is 4.03. The van der Waals surface area contributed by atoms with Gasteiger partial charge in [-0.05, 0) is 18.2 Å². The SMILES string of the molecule is CCC.Cn1cc(B(O)O)cc(Nc2ccc(C(=O)N3CCOCC3)cn2)c1=O. The van der Waals surface area contributed by atoms with E-state index in [0.717, 1.165) is 0 Å². The molecule has 0 atom stereocenters. The number of hydrogen-bond donors (Lipinski definition) is 3. The molecular formula is C19H27BN4O5. The van der Waals surface area contributed by atoms with Crippen LogP contribution >= 0.6 is 0 Å². The molecule has 3 rings (SSSR count). The highest BCUT2D eigenvalue weighted by Gasteiger charge is 2.19. The molecule has 9 nitrogen and oxygen atoms in total. The van der Waals surface area contributed by atoms with Gasteiger partial charge in [0, 0.05) is 38.0 Å². The van der Waals surface area contributed by atoms with Gasteiger partial charge >= 0.3 is 7.12 Å². The van der Waals surface area contributed by atoms with Crippen LogP contribution in [0.1, 0.15) is 30.6 Å². The van der Waals surface area contributed by atoms with Gasteiger partial charge in [0.25, 0.3) is 11.5 Å². The summed E-state index contributed by atoms with van der Waals surface area (Å²) >= 11 is 0. The topological polar surface area (TPSA) is 117 Å². The van der Waals surface area contributed by atoms with E-state index in [4.69, 9.17) is 4.74 Å². The summed E-state index contributed by atoms with van der Waals surface area (Å²) in [6, 6.07) is 4.57. The summed E-state index contributed by atoms with van der Waals surface area (Å²) in [5, 5.41) is 21.4. The van der Waals surface area contributed by atoms with Crippen molar-refractivity contribution in [3.05, 3.63) is 46.5 Å². The van der Waals surface area contributed by atoms with E-state index in [-0.39, 0.29) is 22.6 Å². The van der Waals surface area contributed by atoms with Crippen molar-refractivity contribution in [1.82, 2.24) is 14.5 Å². The standard InChI is InChI=1S/C16H19BN4O5.C3H8/c1-20-10-12(17(24)25)8-13(16(20)23)19-14-3-2-11(9-18-14)15(22)21-4-6-26-7-5-21;1-3-2/h2-3,8-10,24-25H,4-7H2,1H3,(H,18,19);3H2,1-2H3. The van der Waals surface area contributed by atoms with Gasteiger partial charge in [0.1, 0.15) is 11.5 Å². The second-order valence-corrected chi connectivity index (χ2v) is 6.65. The largest absolute Gasteiger partial charge is 0.490 e. The lowest BCUT2D eigenvalue weighted by atomic mass is 9.81. The predicted molar refractivity (Wildman–Crippen MR) is 112 cm³/mol. The molecule has 1 aliphatic heterocycles. The van der Waals surface area contributed by atoms with E-state index < -0.39 is 7.12 Å². The molecule has 156 valence electrons. The molecule has 3 N–H and O–H groups in total. The first-order valence-corrected chi connectivity index (χ1v) is 9.54. The molecule has 1 saturated heterocycles. The van der Waals surface area contributed by atoms with Crippen LogP contribution in [-0.2, 0) is 11.8 Å². The molecule has 1 amide bonds. The van der Waals surface area contributed by atoms with Crippen molar-refractivity contribution in [1.29, 1.82) is 0 Å². The number of anilines is 2. The van der Waals surface area contributed by atoms with Crippen molar-refractivity contribution in [2.75, 3.05) is 31.6 Å². The van der Waals surface area contributed by atoms with E-state index in [1.807, 2.05) is 0 Å². The first kappa shape index (κ1) is 22.6. The average molecular weight is 402 g/mol. The van der Waals surface area contributed by atoms with E-state index in [0.29, 0.717) is 37.7 Å². The number of amides is 1. The summed E-state index contributed by atoms with van der Waals surface area (Å²) in [5.74, 6) is 0.249. The highest BCUT2D eigenvalue weighted by molar-refractivity contribution is 6.58. The zero-order valence-corrected chi connectivity index (χ0v) is 17.0. The molecule has 0 aromatic carbocycles. The minimum Gasteiger partial charge on any atom is -0.423 e. The molecule has 0 spiro atoms. The summed E-state index contributed by atoms with van der Waals surface area (Å²) in [5.41, 5.74) is 0.432. The zero-order chi connectivity index (χ0) is 21.4. The monoisotopic (exact) mass is 402 g/mol. The van der Waals surface area contributed by atoms with Crippen molar-refractivity contribution in [2.24, 2.45) is 7.05 Å². The molecule has 0 radical (unpaired) electrons. The van der Waals surface area contributed by atoms with Gasteiger partial charge in [-0.1, -0.05) is 20.3 Å². The lowest BCUT2D eigenvalue weighted by molar-refractivity contribution is 0.0302. The van der Waals surface area contributed by atoms with E-state index in [1.165, 1.54) is 36.5 Å². The number of carbonyl (C=O) groups is 1. The number of hydrogen-bond acceptors (Lipinski definition) is 7. The molecule has 3 heterocycles. The van der Waals surface area contributed by atoms with Crippen LogP contribution < -0.4 is 16.3 Å². The van der Waals surface area contributed by atoms with Crippen molar-refractivity contribution in [2.45, 2.75) is 20.3 Å². The van der Waals surface area contributed by atoms with Crippen LogP contribution in [0.15, 0.2) is 35.4 Å². The summed E-state index contributed by atoms with van der Waals surface area (Å²) in [7, 11) is -0.180. The van der Waals surface area contributed by atoms with Crippen molar-refractivity contribution >= 4 is 30.0 Å². The molecule has 0 unspecified atom stereocenters. The number of aryl methyl sites for hydroxylation is 1. The number of morpholine rings is 1. The molecule has 2 aromatic rings. The minimum absolute atomic E-state index is 0.117. The van der Waals surface area contributed by atoms with Gasteiger partial charge in [0.15, 0.2) is 0 Å². The Balaban J connectivity index is 0.000000941. The van der Waals surface area contributed by atoms with Gasteiger partial charge in [-0.25, -0.2) is 4.98 Å². The average Bonchev–Trinajstić information content (AvgIpc) is 2.72. The van der Waals surface area contributed by atoms with E-state index >= 15 is 0 Å². The third kappa shape index (κ3) is 6.15. The first-order chi connectivity index (χ1) is 13.9. The van der Waals surface area contributed by atoms with Gasteiger partial charge in [0.2, 0.25) is 0 Å². The van der Waals surface area contributed by atoms with E-state index in [9.17, 15) is 19.6 Å². The number of pyridine rings is 2. The third-order valence-corrected chi connectivity index (χ3v) is 4.07. The van der Waals surface area contributed by atoms with Gasteiger partial charge in [-0.15, -0.1) is 0 Å². The molecule has 10 heteroatoms. The van der Waals surface area contributed by atoms with Crippen molar-refractivity contribution < 1.29 is 19.6 Å². The zero-order valence-electron chi connectivity index (χ0n) is 17.0. The Morgan fingerprint density at radius 2 is 1.93 bits per heavy atom. The van der Waals surface area contributed by atoms with Crippen molar-refractivity contribution in [3.63, 3.8) is 0 Å². The van der Waals surface area contributed by atoms with Crippen LogP contribution in [0.2, 0.25) is 0 Å². The number of aromatic nitrogens is 2. The fourth-order valence-electron chi connectivity index (χ4n) is 2.65. The molecule has 0 saturated carbocycles. The van der Waals surface area contributed by atoms with Crippen LogP contribution in [0, 0.1) is 0 Å². The predicted octanol–water partition coefficient (Wildman–Crippen LogP) is 0.0924. The molecular weight excluding hydrogens is 375 g/mol. The first-order valence-electron chi connectivity index (χ1n) is 9.54. The number of rotatable bonds is 4. The van der Waals surface area contributed by atoms with Gasteiger partial charge in [0.05, 0.1) is 18.8 Å². The summed E-state index contributed by atoms with van der Waals surface area (Å²) < 4.78 is 6.48. The Morgan fingerprint density at radius 3 is 2.48 bits per heavy atom. The highest BCUT2D eigenvalue weighted by atomic mass is 16.5. The van der Waals surface area contributed by atoms with Crippen LogP contribution in [0.25, 0.3) is 0 Å². The quantitative estimate of drug-likeness (QED) is 0.621. The van der Waals surface area contributed by atoms with Crippen LogP contribution in [0.5, 0.6) is 0 Å². The van der Waals surface area contributed by atoms with Gasteiger partial charge < -0.3 is 29.6 Å². The third-order valence-electron chi connectivity index (χ3n) is 4.07. The van der Waals surface area contributed by atoms with Crippen LogP contribution in [-0.4, -0.2) is 63.8 Å². The maximum absolute atomic E-state index is 12.4.